The maximum Gasteiger partial charge on any atom is 0.228 e. The largest absolute Gasteiger partial charge is 0.394 e. The zero-order valence-corrected chi connectivity index (χ0v) is 16.5. The van der Waals surface area contributed by atoms with Gasteiger partial charge < -0.3 is 25.8 Å². The lowest BCUT2D eigenvalue weighted by Crippen LogP contribution is -2.33. The molecular formula is C17H18BrN7O4. The van der Waals surface area contributed by atoms with E-state index < -0.39 is 31.1 Å². The standard InChI is InChI=1S/C17H18BrN7O4/c18-9-3-1-8(2-4-9)5-22-24-17-23-11-14(19)20-7-21-15(11)25(17)16-13(28)12(27)10(6-26)29-16/h1-5,7,10,12-13,16,26-28H,6H2,(H,23,24)(H2,19,20,21)/t10-,12+,13+,16+/m0/s1. The summed E-state index contributed by atoms with van der Waals surface area (Å²) in [4.78, 5) is 12.4. The molecule has 1 saturated heterocycles. The number of aliphatic hydroxyl groups is 3. The van der Waals surface area contributed by atoms with Crippen molar-refractivity contribution in [3.05, 3.63) is 40.6 Å². The molecule has 1 aliphatic rings. The number of rotatable bonds is 5. The molecule has 4 atom stereocenters. The molecule has 0 saturated carbocycles. The number of nitrogens with zero attached hydrogens (tertiary/aromatic N) is 5. The van der Waals surface area contributed by atoms with E-state index in [1.165, 1.54) is 10.9 Å². The Morgan fingerprint density at radius 3 is 2.69 bits per heavy atom. The number of benzene rings is 1. The fourth-order valence-corrected chi connectivity index (χ4v) is 3.32. The summed E-state index contributed by atoms with van der Waals surface area (Å²) < 4.78 is 7.99. The summed E-state index contributed by atoms with van der Waals surface area (Å²) in [5, 5.41) is 34.1. The predicted octanol–water partition coefficient (Wildman–Crippen LogP) is 0.228. The number of imidazole rings is 1. The number of aromatic nitrogens is 4. The van der Waals surface area contributed by atoms with E-state index in [1.807, 2.05) is 24.3 Å². The lowest BCUT2D eigenvalue weighted by atomic mass is 10.1. The van der Waals surface area contributed by atoms with Gasteiger partial charge in [-0.25, -0.2) is 20.4 Å². The van der Waals surface area contributed by atoms with Gasteiger partial charge in [-0.2, -0.15) is 5.10 Å². The second-order valence-electron chi connectivity index (χ2n) is 6.39. The van der Waals surface area contributed by atoms with Crippen LogP contribution in [0.25, 0.3) is 11.2 Å². The van der Waals surface area contributed by atoms with Gasteiger partial charge in [0.05, 0.1) is 12.8 Å². The van der Waals surface area contributed by atoms with Gasteiger partial charge in [-0.1, -0.05) is 28.1 Å². The summed E-state index contributed by atoms with van der Waals surface area (Å²) in [5.41, 5.74) is 10.1. The lowest BCUT2D eigenvalue weighted by molar-refractivity contribution is -0.0501. The van der Waals surface area contributed by atoms with E-state index >= 15 is 0 Å². The fourth-order valence-electron chi connectivity index (χ4n) is 3.05. The fraction of sp³-hybridized carbons (Fsp3) is 0.294. The Labute approximate surface area is 173 Å². The molecule has 6 N–H and O–H groups in total. The molecule has 12 heteroatoms. The molecule has 29 heavy (non-hydrogen) atoms. The van der Waals surface area contributed by atoms with Crippen molar-refractivity contribution in [2.45, 2.75) is 24.5 Å². The quantitative estimate of drug-likeness (QED) is 0.263. The normalized spacial score (nSPS) is 24.6. The van der Waals surface area contributed by atoms with Crippen LogP contribution >= 0.6 is 15.9 Å². The molecule has 2 aromatic heterocycles. The Hall–Kier alpha value is -2.64. The minimum Gasteiger partial charge on any atom is -0.394 e. The first-order valence-corrected chi connectivity index (χ1v) is 9.44. The van der Waals surface area contributed by atoms with E-state index in [2.05, 4.69) is 41.4 Å². The highest BCUT2D eigenvalue weighted by molar-refractivity contribution is 9.10. The highest BCUT2D eigenvalue weighted by Crippen LogP contribution is 2.35. The van der Waals surface area contributed by atoms with E-state index in [0.717, 1.165) is 10.0 Å². The smallest absolute Gasteiger partial charge is 0.228 e. The number of hydrazone groups is 1. The molecule has 1 fully saturated rings. The third kappa shape index (κ3) is 3.68. The van der Waals surface area contributed by atoms with Gasteiger partial charge >= 0.3 is 0 Å². The Morgan fingerprint density at radius 2 is 2.00 bits per heavy atom. The number of fused-ring (bicyclic) bond motifs is 1. The van der Waals surface area contributed by atoms with Gasteiger partial charge in [0.25, 0.3) is 0 Å². The number of anilines is 2. The molecular weight excluding hydrogens is 446 g/mol. The molecule has 0 unspecified atom stereocenters. The molecule has 0 aliphatic carbocycles. The van der Waals surface area contributed by atoms with Gasteiger partial charge in [-0.05, 0) is 17.7 Å². The van der Waals surface area contributed by atoms with Crippen molar-refractivity contribution >= 4 is 45.1 Å². The summed E-state index contributed by atoms with van der Waals surface area (Å²) in [5.74, 6) is 0.316. The number of halogens is 1. The van der Waals surface area contributed by atoms with Crippen LogP contribution in [0.1, 0.15) is 11.8 Å². The van der Waals surface area contributed by atoms with E-state index in [1.54, 1.807) is 6.21 Å². The zero-order valence-electron chi connectivity index (χ0n) is 14.9. The van der Waals surface area contributed by atoms with E-state index in [4.69, 9.17) is 10.5 Å². The van der Waals surface area contributed by atoms with Gasteiger partial charge in [0.2, 0.25) is 5.95 Å². The zero-order chi connectivity index (χ0) is 20.5. The van der Waals surface area contributed by atoms with Crippen molar-refractivity contribution < 1.29 is 20.1 Å². The summed E-state index contributed by atoms with van der Waals surface area (Å²) in [6, 6.07) is 7.50. The first-order valence-electron chi connectivity index (χ1n) is 8.65. The Balaban J connectivity index is 1.71. The number of ether oxygens (including phenoxy) is 1. The number of nitrogens with two attached hydrogens (primary N) is 1. The van der Waals surface area contributed by atoms with Gasteiger partial charge in [-0.15, -0.1) is 0 Å². The molecule has 1 aliphatic heterocycles. The van der Waals surface area contributed by atoms with Crippen LogP contribution in [0.5, 0.6) is 0 Å². The summed E-state index contributed by atoms with van der Waals surface area (Å²) in [6.07, 6.45) is -1.77. The van der Waals surface area contributed by atoms with Crippen molar-refractivity contribution in [3.63, 3.8) is 0 Å². The average molecular weight is 464 g/mol. The number of nitrogens with one attached hydrogen (secondary N) is 1. The van der Waals surface area contributed by atoms with Crippen molar-refractivity contribution in [3.8, 4) is 0 Å². The van der Waals surface area contributed by atoms with Crippen LogP contribution < -0.4 is 11.2 Å². The summed E-state index contributed by atoms with van der Waals surface area (Å²) in [7, 11) is 0. The molecule has 11 nitrogen and oxygen atoms in total. The number of hydrogen-bond donors (Lipinski definition) is 5. The van der Waals surface area contributed by atoms with Crippen LogP contribution in [0, 0.1) is 0 Å². The van der Waals surface area contributed by atoms with Crippen molar-refractivity contribution in [1.82, 2.24) is 19.5 Å². The van der Waals surface area contributed by atoms with Gasteiger partial charge in [-0.3, -0.25) is 4.57 Å². The second-order valence-corrected chi connectivity index (χ2v) is 7.30. The molecule has 0 bridgehead atoms. The van der Waals surface area contributed by atoms with Crippen LogP contribution in [-0.4, -0.2) is 66.0 Å². The minimum atomic E-state index is -1.32. The van der Waals surface area contributed by atoms with Crippen LogP contribution in [0.3, 0.4) is 0 Å². The molecule has 4 rings (SSSR count). The number of aliphatic hydroxyl groups excluding tert-OH is 3. The lowest BCUT2D eigenvalue weighted by Gasteiger charge is -2.18. The van der Waals surface area contributed by atoms with Crippen LogP contribution in [-0.2, 0) is 4.74 Å². The van der Waals surface area contributed by atoms with E-state index in [-0.39, 0.29) is 22.9 Å². The maximum absolute atomic E-state index is 10.4. The minimum absolute atomic E-state index is 0.139. The topological polar surface area (TPSA) is 164 Å². The molecule has 1 aromatic carbocycles. The number of nitrogen functional groups attached to an aromatic ring is 1. The monoisotopic (exact) mass is 463 g/mol. The van der Waals surface area contributed by atoms with Crippen molar-refractivity contribution in [2.24, 2.45) is 5.10 Å². The van der Waals surface area contributed by atoms with E-state index in [0.29, 0.717) is 0 Å². The maximum atomic E-state index is 10.4. The Kier molecular flexibility index (Phi) is 5.43. The van der Waals surface area contributed by atoms with Crippen molar-refractivity contribution in [1.29, 1.82) is 0 Å². The van der Waals surface area contributed by atoms with Gasteiger partial charge in [0.1, 0.15) is 24.6 Å². The molecule has 3 heterocycles. The van der Waals surface area contributed by atoms with Gasteiger partial charge in [0, 0.05) is 4.47 Å². The molecule has 0 radical (unpaired) electrons. The van der Waals surface area contributed by atoms with Crippen molar-refractivity contribution in [2.75, 3.05) is 17.8 Å². The predicted molar refractivity (Wildman–Crippen MR) is 108 cm³/mol. The molecule has 152 valence electrons. The average Bonchev–Trinajstić information content (AvgIpc) is 3.22. The van der Waals surface area contributed by atoms with Gasteiger partial charge in [0.15, 0.2) is 23.2 Å². The number of hydrogen-bond acceptors (Lipinski definition) is 10. The molecule has 3 aromatic rings. The first kappa shape index (κ1) is 19.7. The summed E-state index contributed by atoms with van der Waals surface area (Å²) >= 11 is 3.37. The highest BCUT2D eigenvalue weighted by Gasteiger charge is 2.45. The SMILES string of the molecule is Nc1ncnc2c1nc(NN=Cc1ccc(Br)cc1)n2[C@@H]1O[C@@H](CO)[C@@H](O)[C@H]1O. The third-order valence-corrected chi connectivity index (χ3v) is 5.05. The van der Waals surface area contributed by atoms with Crippen LogP contribution in [0.2, 0.25) is 0 Å². The Bertz CT molecular complexity index is 1040. The Morgan fingerprint density at radius 1 is 1.24 bits per heavy atom. The van der Waals surface area contributed by atoms with Crippen LogP contribution in [0.15, 0.2) is 40.2 Å². The summed E-state index contributed by atoms with van der Waals surface area (Å²) in [6.45, 7) is -0.455. The first-order chi connectivity index (χ1) is 14.0. The second kappa shape index (κ2) is 8.00. The highest BCUT2D eigenvalue weighted by atomic mass is 79.9. The van der Waals surface area contributed by atoms with E-state index in [9.17, 15) is 15.3 Å². The van der Waals surface area contributed by atoms with Crippen LogP contribution in [0.4, 0.5) is 11.8 Å². The molecule has 0 amide bonds. The third-order valence-electron chi connectivity index (χ3n) is 4.53. The molecule has 0 spiro atoms.